The lowest BCUT2D eigenvalue weighted by atomic mass is 9.90. The Labute approximate surface area is 180 Å². The minimum atomic E-state index is -0.270. The summed E-state index contributed by atoms with van der Waals surface area (Å²) >= 11 is 1.61. The first-order chi connectivity index (χ1) is 14.5. The Kier molecular flexibility index (Phi) is 5.76. The van der Waals surface area contributed by atoms with Crippen molar-refractivity contribution in [2.45, 2.75) is 17.4 Å². The molecule has 0 radical (unpaired) electrons. The van der Waals surface area contributed by atoms with E-state index in [1.807, 2.05) is 47.6 Å². The molecule has 1 fully saturated rings. The lowest BCUT2D eigenvalue weighted by Gasteiger charge is -2.44. The SMILES string of the molecule is COc1cc2c(cc1OC)C1CN(C(=O)Nc3cccc(SC)c3)CC(=O)N1CC2. The summed E-state index contributed by atoms with van der Waals surface area (Å²) in [4.78, 5) is 30.3. The predicted octanol–water partition coefficient (Wildman–Crippen LogP) is 3.40. The summed E-state index contributed by atoms with van der Waals surface area (Å²) < 4.78 is 10.9. The summed E-state index contributed by atoms with van der Waals surface area (Å²) in [5, 5.41) is 2.93. The van der Waals surface area contributed by atoms with Gasteiger partial charge in [-0.25, -0.2) is 4.79 Å². The number of carbonyl (C=O) groups is 2. The first-order valence-corrected chi connectivity index (χ1v) is 11.0. The van der Waals surface area contributed by atoms with Crippen molar-refractivity contribution in [3.05, 3.63) is 47.5 Å². The third kappa shape index (κ3) is 3.79. The Morgan fingerprint density at radius 2 is 1.93 bits per heavy atom. The standard InChI is InChI=1S/C22H25N3O4S/c1-28-19-9-14-7-8-25-18(17(14)11-20(19)29-2)12-24(13-21(25)26)22(27)23-15-5-4-6-16(10-15)30-3/h4-6,9-11,18H,7-8,12-13H2,1-3H3,(H,23,27). The van der Waals surface area contributed by atoms with Crippen LogP contribution >= 0.6 is 11.8 Å². The van der Waals surface area contributed by atoms with Crippen molar-refractivity contribution >= 4 is 29.4 Å². The molecule has 0 bridgehead atoms. The first-order valence-electron chi connectivity index (χ1n) is 9.78. The average Bonchev–Trinajstić information content (AvgIpc) is 2.77. The minimum Gasteiger partial charge on any atom is -0.493 e. The number of fused-ring (bicyclic) bond motifs is 3. The van der Waals surface area contributed by atoms with E-state index < -0.39 is 0 Å². The highest BCUT2D eigenvalue weighted by Gasteiger charge is 2.39. The van der Waals surface area contributed by atoms with Crippen molar-refractivity contribution in [3.63, 3.8) is 0 Å². The molecule has 0 spiro atoms. The monoisotopic (exact) mass is 427 g/mol. The lowest BCUT2D eigenvalue weighted by molar-refractivity contribution is -0.139. The number of nitrogens with one attached hydrogen (secondary N) is 1. The number of hydrogen-bond donors (Lipinski definition) is 1. The Hall–Kier alpha value is -2.87. The molecular formula is C22H25N3O4S. The van der Waals surface area contributed by atoms with Gasteiger partial charge in [0.1, 0.15) is 6.54 Å². The van der Waals surface area contributed by atoms with Gasteiger partial charge in [-0.2, -0.15) is 0 Å². The number of nitrogens with zero attached hydrogens (tertiary/aromatic N) is 2. The molecule has 7 nitrogen and oxygen atoms in total. The van der Waals surface area contributed by atoms with E-state index in [4.69, 9.17) is 9.47 Å². The van der Waals surface area contributed by atoms with E-state index in [9.17, 15) is 9.59 Å². The van der Waals surface area contributed by atoms with Crippen LogP contribution in [0.2, 0.25) is 0 Å². The smallest absolute Gasteiger partial charge is 0.322 e. The van der Waals surface area contributed by atoms with E-state index in [0.29, 0.717) is 24.6 Å². The number of piperazine rings is 1. The number of benzene rings is 2. The molecule has 1 saturated heterocycles. The number of rotatable bonds is 4. The van der Waals surface area contributed by atoms with Crippen molar-refractivity contribution in [2.75, 3.05) is 45.4 Å². The van der Waals surface area contributed by atoms with Crippen LogP contribution in [0.3, 0.4) is 0 Å². The van der Waals surface area contributed by atoms with E-state index in [1.165, 1.54) is 0 Å². The molecular weight excluding hydrogens is 402 g/mol. The Bertz CT molecular complexity index is 981. The number of thioether (sulfide) groups is 1. The molecule has 2 heterocycles. The number of anilines is 1. The average molecular weight is 428 g/mol. The lowest BCUT2D eigenvalue weighted by Crippen LogP contribution is -2.56. The third-order valence-corrected chi connectivity index (χ3v) is 6.38. The molecule has 158 valence electrons. The predicted molar refractivity (Wildman–Crippen MR) is 117 cm³/mol. The Morgan fingerprint density at radius 3 is 2.67 bits per heavy atom. The van der Waals surface area contributed by atoms with E-state index in [2.05, 4.69) is 5.32 Å². The fourth-order valence-electron chi connectivity index (χ4n) is 4.11. The third-order valence-electron chi connectivity index (χ3n) is 5.65. The van der Waals surface area contributed by atoms with Crippen LogP contribution in [0.4, 0.5) is 10.5 Å². The zero-order valence-corrected chi connectivity index (χ0v) is 18.1. The molecule has 0 aliphatic carbocycles. The van der Waals surface area contributed by atoms with Crippen LogP contribution in [0.5, 0.6) is 11.5 Å². The van der Waals surface area contributed by atoms with Crippen LogP contribution in [0, 0.1) is 0 Å². The number of ether oxygens (including phenoxy) is 2. The van der Waals surface area contributed by atoms with Crippen molar-refractivity contribution in [1.29, 1.82) is 0 Å². The summed E-state index contributed by atoms with van der Waals surface area (Å²) in [6.07, 6.45) is 2.74. The van der Waals surface area contributed by atoms with E-state index in [1.54, 1.807) is 30.9 Å². The van der Waals surface area contributed by atoms with Gasteiger partial charge in [-0.15, -0.1) is 11.8 Å². The molecule has 8 heteroatoms. The molecule has 30 heavy (non-hydrogen) atoms. The van der Waals surface area contributed by atoms with Gasteiger partial charge < -0.3 is 24.6 Å². The molecule has 4 rings (SSSR count). The Balaban J connectivity index is 1.58. The maximum Gasteiger partial charge on any atom is 0.322 e. The van der Waals surface area contributed by atoms with Crippen molar-refractivity contribution < 1.29 is 19.1 Å². The van der Waals surface area contributed by atoms with Gasteiger partial charge in [0, 0.05) is 23.7 Å². The maximum absolute atomic E-state index is 12.9. The summed E-state index contributed by atoms with van der Waals surface area (Å²) in [6.45, 7) is 1.15. The molecule has 1 atom stereocenters. The molecule has 2 aromatic rings. The fraction of sp³-hybridized carbons (Fsp3) is 0.364. The van der Waals surface area contributed by atoms with Gasteiger partial charge in [0.2, 0.25) is 5.91 Å². The number of amides is 3. The quantitative estimate of drug-likeness (QED) is 0.758. The molecule has 1 unspecified atom stereocenters. The van der Waals surface area contributed by atoms with Crippen LogP contribution in [0.25, 0.3) is 0 Å². The van der Waals surface area contributed by atoms with Crippen molar-refractivity contribution in [2.24, 2.45) is 0 Å². The van der Waals surface area contributed by atoms with Gasteiger partial charge in [0.05, 0.1) is 20.3 Å². The molecule has 2 aliphatic rings. The van der Waals surface area contributed by atoms with Crippen molar-refractivity contribution in [3.8, 4) is 11.5 Å². The Morgan fingerprint density at radius 1 is 1.17 bits per heavy atom. The van der Waals surface area contributed by atoms with Gasteiger partial charge in [-0.05, 0) is 54.1 Å². The zero-order valence-electron chi connectivity index (χ0n) is 17.3. The first kappa shape index (κ1) is 20.4. The van der Waals surface area contributed by atoms with E-state index in [0.717, 1.165) is 28.1 Å². The number of urea groups is 1. The fourth-order valence-corrected chi connectivity index (χ4v) is 4.57. The van der Waals surface area contributed by atoms with E-state index in [-0.39, 0.29) is 24.5 Å². The van der Waals surface area contributed by atoms with Crippen LogP contribution < -0.4 is 14.8 Å². The van der Waals surface area contributed by atoms with Gasteiger partial charge in [0.25, 0.3) is 0 Å². The second-order valence-electron chi connectivity index (χ2n) is 7.30. The number of carbonyl (C=O) groups excluding carboxylic acids is 2. The summed E-state index contributed by atoms with van der Waals surface area (Å²) in [6, 6.07) is 11.1. The summed E-state index contributed by atoms with van der Waals surface area (Å²) in [5.74, 6) is 1.26. The topological polar surface area (TPSA) is 71.1 Å². The van der Waals surface area contributed by atoms with Gasteiger partial charge >= 0.3 is 6.03 Å². The number of hydrogen-bond acceptors (Lipinski definition) is 5. The zero-order chi connectivity index (χ0) is 21.3. The highest BCUT2D eigenvalue weighted by molar-refractivity contribution is 7.98. The second kappa shape index (κ2) is 8.47. The van der Waals surface area contributed by atoms with Gasteiger partial charge in [0.15, 0.2) is 11.5 Å². The van der Waals surface area contributed by atoms with Crippen LogP contribution in [-0.2, 0) is 11.2 Å². The normalized spacial score (nSPS) is 17.8. The highest BCUT2D eigenvalue weighted by atomic mass is 32.2. The molecule has 2 aliphatic heterocycles. The summed E-state index contributed by atoms with van der Waals surface area (Å²) in [5.41, 5.74) is 2.85. The van der Waals surface area contributed by atoms with Crippen molar-refractivity contribution in [1.82, 2.24) is 9.80 Å². The largest absolute Gasteiger partial charge is 0.493 e. The van der Waals surface area contributed by atoms with E-state index >= 15 is 0 Å². The van der Waals surface area contributed by atoms with Crippen LogP contribution in [0.15, 0.2) is 41.3 Å². The molecule has 3 amide bonds. The van der Waals surface area contributed by atoms with Crippen LogP contribution in [-0.4, -0.2) is 61.8 Å². The summed E-state index contributed by atoms with van der Waals surface area (Å²) in [7, 11) is 3.21. The molecule has 1 N–H and O–H groups in total. The number of methoxy groups -OCH3 is 2. The maximum atomic E-state index is 12.9. The van der Waals surface area contributed by atoms with Crippen LogP contribution in [0.1, 0.15) is 17.2 Å². The minimum absolute atomic E-state index is 0.0419. The van der Waals surface area contributed by atoms with Gasteiger partial charge in [-0.3, -0.25) is 4.79 Å². The van der Waals surface area contributed by atoms with Gasteiger partial charge in [-0.1, -0.05) is 6.07 Å². The molecule has 0 saturated carbocycles. The molecule has 2 aromatic carbocycles. The highest BCUT2D eigenvalue weighted by Crippen LogP contribution is 2.39. The second-order valence-corrected chi connectivity index (χ2v) is 8.18. The molecule has 0 aromatic heterocycles.